The van der Waals surface area contributed by atoms with E-state index in [1.54, 1.807) is 16.5 Å². The van der Waals surface area contributed by atoms with Gasteiger partial charge in [0.25, 0.3) is 5.56 Å². The minimum atomic E-state index is -0.0341. The monoisotopic (exact) mass is 577 g/mol. The number of piperazine rings is 1. The predicted octanol–water partition coefficient (Wildman–Crippen LogP) is 0.603. The lowest BCUT2D eigenvalue weighted by atomic mass is 9.96. The van der Waals surface area contributed by atoms with Crippen molar-refractivity contribution in [1.82, 2.24) is 18.9 Å². The van der Waals surface area contributed by atoms with E-state index in [4.69, 9.17) is 21.3 Å². The van der Waals surface area contributed by atoms with E-state index in [9.17, 15) is 4.79 Å². The largest absolute Gasteiger partial charge is 1.00 e. The summed E-state index contributed by atoms with van der Waals surface area (Å²) in [5.74, 6) is 0.582. The first-order chi connectivity index (χ1) is 19.1. The first kappa shape index (κ1) is 28.2. The highest BCUT2D eigenvalue weighted by molar-refractivity contribution is 6.30. The number of fused-ring (bicyclic) bond motifs is 3. The third-order valence-electron chi connectivity index (χ3n) is 7.80. The Kier molecular flexibility index (Phi) is 8.76. The van der Waals surface area contributed by atoms with Gasteiger partial charge in [-0.05, 0) is 36.8 Å². The summed E-state index contributed by atoms with van der Waals surface area (Å²) in [7, 11) is 1.78. The van der Waals surface area contributed by atoms with Crippen molar-refractivity contribution in [2.24, 2.45) is 7.05 Å². The van der Waals surface area contributed by atoms with Crippen LogP contribution in [0.25, 0.3) is 16.7 Å². The molecular formula is C31H33Cl2N5O2. The molecule has 6 rings (SSSR count). The Morgan fingerprint density at radius 1 is 0.925 bits per heavy atom. The summed E-state index contributed by atoms with van der Waals surface area (Å²) >= 11 is 6.18. The number of hydrogen-bond donors (Lipinski definition) is 1. The fourth-order valence-corrected chi connectivity index (χ4v) is 5.87. The number of benzene rings is 2. The summed E-state index contributed by atoms with van der Waals surface area (Å²) in [6.45, 7) is 5.87. The number of aryl methyl sites for hydroxylation is 1. The van der Waals surface area contributed by atoms with Gasteiger partial charge in [-0.15, -0.1) is 0 Å². The van der Waals surface area contributed by atoms with Crippen molar-refractivity contribution < 1.29 is 22.0 Å². The molecule has 1 unspecified atom stereocenters. The Hall–Kier alpha value is -3.36. The van der Waals surface area contributed by atoms with Gasteiger partial charge in [0.05, 0.1) is 25.2 Å². The van der Waals surface area contributed by atoms with Crippen molar-refractivity contribution in [1.29, 1.82) is 0 Å². The molecule has 9 heteroatoms. The number of hydrogen-bond acceptors (Lipinski definition) is 4. The number of halogens is 2. The van der Waals surface area contributed by atoms with E-state index in [0.717, 1.165) is 55.3 Å². The van der Waals surface area contributed by atoms with Gasteiger partial charge >= 0.3 is 0 Å². The average molecular weight is 579 g/mol. The van der Waals surface area contributed by atoms with Crippen LogP contribution in [-0.4, -0.2) is 58.2 Å². The van der Waals surface area contributed by atoms with Crippen LogP contribution in [0, 0.1) is 0 Å². The van der Waals surface area contributed by atoms with Crippen LogP contribution in [0.15, 0.2) is 89.9 Å². The maximum Gasteiger partial charge on any atom is 0.275 e. The molecular weight excluding hydrogens is 545 g/mol. The molecule has 1 saturated heterocycles. The van der Waals surface area contributed by atoms with Gasteiger partial charge in [-0.1, -0.05) is 54.1 Å². The topological polar surface area (TPSA) is 56.2 Å². The molecule has 208 valence electrons. The molecule has 1 fully saturated rings. The summed E-state index contributed by atoms with van der Waals surface area (Å²) in [6.07, 6.45) is 2.80. The van der Waals surface area contributed by atoms with Gasteiger partial charge in [-0.3, -0.25) is 14.1 Å². The Labute approximate surface area is 245 Å². The number of nitrogens with zero attached hydrogens (tertiary/aromatic N) is 4. The molecule has 3 aromatic heterocycles. The molecule has 2 aromatic carbocycles. The van der Waals surface area contributed by atoms with Crippen LogP contribution in [0.3, 0.4) is 0 Å². The van der Waals surface area contributed by atoms with Crippen LogP contribution in [-0.2, 0) is 7.05 Å². The van der Waals surface area contributed by atoms with E-state index in [1.165, 1.54) is 11.1 Å². The zero-order valence-electron chi connectivity index (χ0n) is 22.5. The van der Waals surface area contributed by atoms with E-state index in [2.05, 4.69) is 47.4 Å². The van der Waals surface area contributed by atoms with E-state index in [-0.39, 0.29) is 18.0 Å². The molecule has 1 aliphatic heterocycles. The number of rotatable bonds is 8. The highest BCUT2D eigenvalue weighted by atomic mass is 35.5. The summed E-state index contributed by atoms with van der Waals surface area (Å²) in [4.78, 5) is 21.4. The molecule has 1 atom stereocenters. The van der Waals surface area contributed by atoms with E-state index >= 15 is 0 Å². The van der Waals surface area contributed by atoms with Gasteiger partial charge in [0, 0.05) is 55.1 Å². The maximum absolute atomic E-state index is 12.5. The molecule has 1 N–H and O–H groups in total. The second-order valence-corrected chi connectivity index (χ2v) is 10.7. The van der Waals surface area contributed by atoms with Gasteiger partial charge in [0.1, 0.15) is 11.6 Å². The summed E-state index contributed by atoms with van der Waals surface area (Å²) in [5.41, 5.74) is 4.74. The smallest absolute Gasteiger partial charge is 0.275 e. The first-order valence-corrected chi connectivity index (χ1v) is 13.9. The van der Waals surface area contributed by atoms with Gasteiger partial charge in [0.15, 0.2) is 5.65 Å². The minimum Gasteiger partial charge on any atom is -1.00 e. The van der Waals surface area contributed by atoms with E-state index in [1.807, 2.05) is 47.0 Å². The zero-order valence-corrected chi connectivity index (χ0v) is 24.0. The molecule has 7 nitrogen and oxygen atoms in total. The molecule has 1 aliphatic rings. The number of pyridine rings is 1. The van der Waals surface area contributed by atoms with Gasteiger partial charge < -0.3 is 26.6 Å². The van der Waals surface area contributed by atoms with Gasteiger partial charge in [-0.25, -0.2) is 0 Å². The maximum atomic E-state index is 12.5. The lowest BCUT2D eigenvalue weighted by molar-refractivity contribution is -0.929. The molecule has 0 amide bonds. The Bertz CT molecular complexity index is 1630. The summed E-state index contributed by atoms with van der Waals surface area (Å²) < 4.78 is 9.50. The van der Waals surface area contributed by atoms with Crippen molar-refractivity contribution in [2.45, 2.75) is 12.5 Å². The highest BCUT2D eigenvalue weighted by Gasteiger charge is 2.29. The van der Waals surface area contributed by atoms with E-state index < -0.39 is 0 Å². The predicted molar refractivity (Wildman–Crippen MR) is 155 cm³/mol. The fraction of sp³-hybridized carbons (Fsp3) is 0.290. The van der Waals surface area contributed by atoms with Crippen LogP contribution in [0.1, 0.15) is 23.6 Å². The van der Waals surface area contributed by atoms with Crippen LogP contribution < -0.4 is 27.6 Å². The van der Waals surface area contributed by atoms with Crippen molar-refractivity contribution in [3.8, 4) is 5.88 Å². The molecule has 0 aliphatic carbocycles. The van der Waals surface area contributed by atoms with E-state index in [0.29, 0.717) is 24.0 Å². The summed E-state index contributed by atoms with van der Waals surface area (Å²) in [5, 5.41) is 0.773. The first-order valence-electron chi connectivity index (χ1n) is 13.6. The third-order valence-corrected chi connectivity index (χ3v) is 8.05. The van der Waals surface area contributed by atoms with Crippen LogP contribution >= 0.6 is 11.6 Å². The lowest BCUT2D eigenvalue weighted by Crippen LogP contribution is -3.15. The SMILES string of the molecule is Cn1c(=O)c2cccn2c2nc(OCCCN3CC[NH+](C(c4ccccc4)c4ccc(Cl)cc4)CC3)ccc21.[Cl-]. The van der Waals surface area contributed by atoms with Gasteiger partial charge in [0.2, 0.25) is 5.88 Å². The molecule has 5 aromatic rings. The number of ether oxygens (including phenoxy) is 1. The second-order valence-electron chi connectivity index (χ2n) is 10.2. The van der Waals surface area contributed by atoms with Crippen LogP contribution in [0.2, 0.25) is 5.02 Å². The van der Waals surface area contributed by atoms with Crippen LogP contribution in [0.4, 0.5) is 0 Å². The highest BCUT2D eigenvalue weighted by Crippen LogP contribution is 2.22. The Morgan fingerprint density at radius 2 is 1.65 bits per heavy atom. The standard InChI is InChI=1S/C31H32ClN5O2.ClH/c1-34-26-14-15-28(33-30(26)37-17-5-9-27(37)31(34)38)39-22-6-16-35-18-20-36(21-19-35)29(23-7-3-2-4-8-23)24-10-12-25(32)13-11-24;/h2-5,7-15,17,29H,6,16,18-22H2,1H3;1H. The molecule has 40 heavy (non-hydrogen) atoms. The van der Waals surface area contributed by atoms with Gasteiger partial charge in [-0.2, -0.15) is 4.98 Å². The Balaban J connectivity index is 0.00000323. The molecule has 0 bridgehead atoms. The number of aromatic nitrogens is 3. The lowest BCUT2D eigenvalue weighted by Gasteiger charge is -2.37. The minimum absolute atomic E-state index is 0. The second kappa shape index (κ2) is 12.4. The molecule has 0 spiro atoms. The Morgan fingerprint density at radius 3 is 2.40 bits per heavy atom. The van der Waals surface area contributed by atoms with Crippen molar-refractivity contribution in [3.63, 3.8) is 0 Å². The number of nitrogens with one attached hydrogen (secondary N) is 1. The number of quaternary nitrogens is 1. The normalized spacial score (nSPS) is 15.2. The summed E-state index contributed by atoms with van der Waals surface area (Å²) in [6, 6.07) is 26.9. The van der Waals surface area contributed by atoms with Crippen molar-refractivity contribution in [3.05, 3.63) is 112 Å². The van der Waals surface area contributed by atoms with Crippen molar-refractivity contribution >= 4 is 28.3 Å². The fourth-order valence-electron chi connectivity index (χ4n) is 5.75. The van der Waals surface area contributed by atoms with Crippen LogP contribution in [0.5, 0.6) is 5.88 Å². The van der Waals surface area contributed by atoms with Crippen molar-refractivity contribution in [2.75, 3.05) is 39.3 Å². The quantitative estimate of drug-likeness (QED) is 0.274. The average Bonchev–Trinajstić information content (AvgIpc) is 3.47. The zero-order chi connectivity index (χ0) is 26.8. The molecule has 0 saturated carbocycles. The third kappa shape index (κ3) is 5.74. The molecule has 0 radical (unpaired) electrons. The molecule has 4 heterocycles.